The zero-order valence-electron chi connectivity index (χ0n) is 13.4. The normalized spacial score (nSPS) is 15.3. The highest BCUT2D eigenvalue weighted by molar-refractivity contribution is 5.89. The van der Waals surface area contributed by atoms with Gasteiger partial charge in [0.15, 0.2) is 6.61 Å². The fourth-order valence-electron chi connectivity index (χ4n) is 2.61. The Bertz CT molecular complexity index is 562. The SMILES string of the molecule is COc1cccc(/C=C/C(=O)OCC(=O)NC2CCCCC2)c1. The summed E-state index contributed by atoms with van der Waals surface area (Å²) in [6.07, 6.45) is 8.48. The van der Waals surface area contributed by atoms with E-state index in [2.05, 4.69) is 5.32 Å². The fraction of sp³-hybridized carbons (Fsp3) is 0.444. The van der Waals surface area contributed by atoms with Crippen molar-refractivity contribution < 1.29 is 19.1 Å². The van der Waals surface area contributed by atoms with Gasteiger partial charge in [0.25, 0.3) is 5.91 Å². The van der Waals surface area contributed by atoms with Crippen molar-refractivity contribution in [3.05, 3.63) is 35.9 Å². The van der Waals surface area contributed by atoms with Crippen LogP contribution in [0.15, 0.2) is 30.3 Å². The number of hydrogen-bond donors (Lipinski definition) is 1. The summed E-state index contributed by atoms with van der Waals surface area (Å²) in [5.41, 5.74) is 0.827. The van der Waals surface area contributed by atoms with Crippen LogP contribution in [-0.2, 0) is 14.3 Å². The van der Waals surface area contributed by atoms with Crippen molar-refractivity contribution in [2.24, 2.45) is 0 Å². The van der Waals surface area contributed by atoms with E-state index in [1.54, 1.807) is 19.3 Å². The highest BCUT2D eigenvalue weighted by Gasteiger charge is 2.16. The molecule has 5 nitrogen and oxygen atoms in total. The Morgan fingerprint density at radius 1 is 1.26 bits per heavy atom. The molecule has 1 aromatic rings. The Hall–Kier alpha value is -2.30. The molecule has 0 spiro atoms. The molecule has 1 aliphatic carbocycles. The first-order valence-corrected chi connectivity index (χ1v) is 7.95. The summed E-state index contributed by atoms with van der Waals surface area (Å²) in [7, 11) is 1.59. The number of rotatable bonds is 6. The van der Waals surface area contributed by atoms with Gasteiger partial charge in [0.05, 0.1) is 7.11 Å². The number of carbonyl (C=O) groups is 2. The van der Waals surface area contributed by atoms with Gasteiger partial charge in [-0.2, -0.15) is 0 Å². The van der Waals surface area contributed by atoms with Crippen LogP contribution in [0, 0.1) is 0 Å². The van der Waals surface area contributed by atoms with Crippen molar-refractivity contribution in [1.29, 1.82) is 0 Å². The van der Waals surface area contributed by atoms with E-state index < -0.39 is 5.97 Å². The second-order valence-corrected chi connectivity index (χ2v) is 5.62. The van der Waals surface area contributed by atoms with Crippen LogP contribution in [0.5, 0.6) is 5.75 Å². The maximum absolute atomic E-state index is 11.7. The van der Waals surface area contributed by atoms with E-state index in [0.717, 1.165) is 31.2 Å². The highest BCUT2D eigenvalue weighted by atomic mass is 16.5. The second kappa shape index (κ2) is 8.98. The van der Waals surface area contributed by atoms with Crippen LogP contribution in [0.2, 0.25) is 0 Å². The number of amides is 1. The van der Waals surface area contributed by atoms with Crippen LogP contribution in [0.25, 0.3) is 6.08 Å². The van der Waals surface area contributed by atoms with Gasteiger partial charge in [0.1, 0.15) is 5.75 Å². The Morgan fingerprint density at radius 2 is 2.04 bits per heavy atom. The zero-order chi connectivity index (χ0) is 16.5. The molecule has 0 aromatic heterocycles. The first-order valence-electron chi connectivity index (χ1n) is 7.95. The van der Waals surface area contributed by atoms with Gasteiger partial charge in [-0.3, -0.25) is 4.79 Å². The summed E-state index contributed by atoms with van der Waals surface area (Å²) in [5.74, 6) is -0.0565. The molecule has 1 aromatic carbocycles. The fourth-order valence-corrected chi connectivity index (χ4v) is 2.61. The molecule has 0 bridgehead atoms. The average molecular weight is 317 g/mol. The summed E-state index contributed by atoms with van der Waals surface area (Å²) in [6.45, 7) is -0.238. The number of methoxy groups -OCH3 is 1. The molecule has 1 saturated carbocycles. The summed E-state index contributed by atoms with van der Waals surface area (Å²) in [5, 5.41) is 2.91. The molecule has 0 unspecified atom stereocenters. The molecular weight excluding hydrogens is 294 g/mol. The lowest BCUT2D eigenvalue weighted by Crippen LogP contribution is -2.38. The maximum atomic E-state index is 11.7. The van der Waals surface area contributed by atoms with E-state index in [0.29, 0.717) is 5.75 Å². The number of carbonyl (C=O) groups excluding carboxylic acids is 2. The molecule has 1 N–H and O–H groups in total. The molecule has 23 heavy (non-hydrogen) atoms. The molecule has 124 valence electrons. The van der Waals surface area contributed by atoms with E-state index in [1.165, 1.54) is 12.5 Å². The Labute approximate surface area is 136 Å². The summed E-state index contributed by atoms with van der Waals surface area (Å²) in [4.78, 5) is 23.4. The number of ether oxygens (including phenoxy) is 2. The average Bonchev–Trinajstić information content (AvgIpc) is 2.59. The largest absolute Gasteiger partial charge is 0.497 e. The Balaban J connectivity index is 1.73. The first kappa shape index (κ1) is 17.1. The second-order valence-electron chi connectivity index (χ2n) is 5.62. The van der Waals surface area contributed by atoms with Gasteiger partial charge >= 0.3 is 5.97 Å². The van der Waals surface area contributed by atoms with Gasteiger partial charge in [-0.15, -0.1) is 0 Å². The number of esters is 1. The van der Waals surface area contributed by atoms with Crippen molar-refractivity contribution in [3.8, 4) is 5.75 Å². The molecule has 2 rings (SSSR count). The maximum Gasteiger partial charge on any atom is 0.331 e. The topological polar surface area (TPSA) is 64.6 Å². The van der Waals surface area contributed by atoms with E-state index in [9.17, 15) is 9.59 Å². The lowest BCUT2D eigenvalue weighted by Gasteiger charge is -2.22. The van der Waals surface area contributed by atoms with Crippen LogP contribution in [-0.4, -0.2) is 31.6 Å². The van der Waals surface area contributed by atoms with Crippen LogP contribution >= 0.6 is 0 Å². The minimum absolute atomic E-state index is 0.224. The molecule has 0 saturated heterocycles. The standard InChI is InChI=1S/C18H23NO4/c1-22-16-9-5-6-14(12-16)10-11-18(21)23-13-17(20)19-15-7-3-2-4-8-15/h5-6,9-12,15H,2-4,7-8,13H2,1H3,(H,19,20)/b11-10+. The summed E-state index contributed by atoms with van der Waals surface area (Å²) in [6, 6.07) is 7.54. The number of hydrogen-bond acceptors (Lipinski definition) is 4. The number of nitrogens with one attached hydrogen (secondary N) is 1. The van der Waals surface area contributed by atoms with Crippen LogP contribution in [0.3, 0.4) is 0 Å². The summed E-state index contributed by atoms with van der Waals surface area (Å²) < 4.78 is 10.1. The molecule has 1 fully saturated rings. The molecular formula is C18H23NO4. The number of benzene rings is 1. The van der Waals surface area contributed by atoms with Crippen LogP contribution in [0.1, 0.15) is 37.7 Å². The zero-order valence-corrected chi connectivity index (χ0v) is 13.4. The molecule has 5 heteroatoms. The third-order valence-electron chi connectivity index (χ3n) is 3.82. The predicted octanol–water partition coefficient (Wildman–Crippen LogP) is 2.70. The van der Waals surface area contributed by atoms with E-state index in [-0.39, 0.29) is 18.6 Å². The van der Waals surface area contributed by atoms with Crippen molar-refractivity contribution >= 4 is 18.0 Å². The lowest BCUT2D eigenvalue weighted by molar-refractivity contribution is -0.144. The third-order valence-corrected chi connectivity index (χ3v) is 3.82. The van der Waals surface area contributed by atoms with Gasteiger partial charge in [0.2, 0.25) is 0 Å². The van der Waals surface area contributed by atoms with Crippen LogP contribution < -0.4 is 10.1 Å². The molecule has 0 aliphatic heterocycles. The monoisotopic (exact) mass is 317 g/mol. The minimum atomic E-state index is -0.536. The van der Waals surface area contributed by atoms with Gasteiger partial charge in [-0.05, 0) is 36.6 Å². The van der Waals surface area contributed by atoms with Crippen molar-refractivity contribution in [3.63, 3.8) is 0 Å². The smallest absolute Gasteiger partial charge is 0.331 e. The lowest BCUT2D eigenvalue weighted by atomic mass is 9.95. The van der Waals surface area contributed by atoms with E-state index >= 15 is 0 Å². The molecule has 1 amide bonds. The quantitative estimate of drug-likeness (QED) is 0.647. The van der Waals surface area contributed by atoms with Crippen molar-refractivity contribution in [1.82, 2.24) is 5.32 Å². The van der Waals surface area contributed by atoms with Gasteiger partial charge in [-0.25, -0.2) is 4.79 Å². The van der Waals surface area contributed by atoms with E-state index in [4.69, 9.17) is 9.47 Å². The molecule has 0 heterocycles. The van der Waals surface area contributed by atoms with Gasteiger partial charge in [-0.1, -0.05) is 31.4 Å². The minimum Gasteiger partial charge on any atom is -0.497 e. The molecule has 0 atom stereocenters. The van der Waals surface area contributed by atoms with Gasteiger partial charge in [0, 0.05) is 12.1 Å². The first-order chi connectivity index (χ1) is 11.2. The van der Waals surface area contributed by atoms with Crippen molar-refractivity contribution in [2.75, 3.05) is 13.7 Å². The predicted molar refractivity (Wildman–Crippen MR) is 88.0 cm³/mol. The Kier molecular flexibility index (Phi) is 6.66. The highest BCUT2D eigenvalue weighted by Crippen LogP contribution is 2.17. The van der Waals surface area contributed by atoms with Crippen molar-refractivity contribution in [2.45, 2.75) is 38.1 Å². The molecule has 0 radical (unpaired) electrons. The third kappa shape index (κ3) is 6.14. The van der Waals surface area contributed by atoms with Gasteiger partial charge < -0.3 is 14.8 Å². The Morgan fingerprint density at radius 3 is 2.78 bits per heavy atom. The molecule has 1 aliphatic rings. The summed E-state index contributed by atoms with van der Waals surface area (Å²) >= 11 is 0. The van der Waals surface area contributed by atoms with E-state index in [1.807, 2.05) is 18.2 Å². The van der Waals surface area contributed by atoms with Crippen LogP contribution in [0.4, 0.5) is 0 Å².